The topological polar surface area (TPSA) is 130 Å². The Morgan fingerprint density at radius 3 is 2.03 bits per heavy atom. The molecule has 1 heterocycles. The first-order valence-electron chi connectivity index (χ1n) is 9.72. The zero-order chi connectivity index (χ0) is 23.2. The van der Waals surface area contributed by atoms with Gasteiger partial charge in [-0.1, -0.05) is 36.4 Å². The Morgan fingerprint density at radius 1 is 1.03 bits per heavy atom. The number of ether oxygens (including phenoxy) is 3. The first-order valence-corrected chi connectivity index (χ1v) is 11.2. The molecule has 0 aromatic heterocycles. The third kappa shape index (κ3) is 5.66. The van der Waals surface area contributed by atoms with Gasteiger partial charge in [-0.2, -0.15) is 0 Å². The van der Waals surface area contributed by atoms with E-state index < -0.39 is 44.5 Å². The second kappa shape index (κ2) is 10.4. The van der Waals surface area contributed by atoms with Gasteiger partial charge in [0, 0.05) is 13.5 Å². The summed E-state index contributed by atoms with van der Waals surface area (Å²) in [4.78, 5) is 12.2. The van der Waals surface area contributed by atoms with Crippen LogP contribution in [-0.4, -0.2) is 61.1 Å². The summed E-state index contributed by atoms with van der Waals surface area (Å²) in [7, 11) is -1.96. The normalized spacial score (nSPS) is 25.7. The van der Waals surface area contributed by atoms with Crippen molar-refractivity contribution in [2.75, 3.05) is 20.8 Å². The Labute approximate surface area is 185 Å². The van der Waals surface area contributed by atoms with Crippen molar-refractivity contribution in [1.29, 1.82) is 0 Å². The van der Waals surface area contributed by atoms with Crippen molar-refractivity contribution in [3.63, 3.8) is 0 Å². The molecular weight excluding hydrogens is 443 g/mol. The number of methoxy groups -OCH3 is 2. The molecule has 11 heteroatoms. The highest BCUT2D eigenvalue weighted by Crippen LogP contribution is 2.50. The van der Waals surface area contributed by atoms with Gasteiger partial charge in [-0.25, -0.2) is 9.36 Å². The molecule has 0 spiro atoms. The number of carbonyl (C=O) groups is 1. The van der Waals surface area contributed by atoms with Crippen molar-refractivity contribution < 1.29 is 47.4 Å². The average molecular weight is 468 g/mol. The number of esters is 1. The maximum absolute atomic E-state index is 13.4. The minimum atomic E-state index is -4.29. The van der Waals surface area contributed by atoms with Crippen LogP contribution in [0, 0.1) is 0 Å². The molecule has 1 aliphatic rings. The number of hydrogen-bond acceptors (Lipinski definition) is 10. The highest BCUT2D eigenvalue weighted by Gasteiger charge is 2.53. The van der Waals surface area contributed by atoms with Gasteiger partial charge < -0.3 is 33.5 Å². The number of aliphatic hydroxyl groups excluding tert-OH is 2. The van der Waals surface area contributed by atoms with Gasteiger partial charge in [0.2, 0.25) is 0 Å². The lowest BCUT2D eigenvalue weighted by molar-refractivity contribution is -0.307. The summed E-state index contributed by atoms with van der Waals surface area (Å²) in [5.41, 5.74) is 0. The molecule has 0 amide bonds. The molecule has 0 bridgehead atoms. The summed E-state index contributed by atoms with van der Waals surface area (Å²) in [6.07, 6.45) is -4.55. The molecule has 1 fully saturated rings. The largest absolute Gasteiger partial charge is 0.587 e. The lowest BCUT2D eigenvalue weighted by Gasteiger charge is -2.42. The van der Waals surface area contributed by atoms with Gasteiger partial charge in [-0.3, -0.25) is 4.52 Å². The molecule has 1 aliphatic heterocycles. The van der Waals surface area contributed by atoms with Crippen molar-refractivity contribution in [3.8, 4) is 11.5 Å². The van der Waals surface area contributed by atoms with Crippen LogP contribution in [0.2, 0.25) is 0 Å². The number of phosphoric ester groups is 1. The van der Waals surface area contributed by atoms with E-state index in [0.717, 1.165) is 7.11 Å². The lowest BCUT2D eigenvalue weighted by Crippen LogP contribution is -2.60. The van der Waals surface area contributed by atoms with Gasteiger partial charge in [0.25, 0.3) is 5.79 Å². The molecule has 3 rings (SSSR count). The van der Waals surface area contributed by atoms with Gasteiger partial charge in [0.1, 0.15) is 23.7 Å². The molecule has 10 nitrogen and oxygen atoms in total. The molecule has 2 N–H and O–H groups in total. The van der Waals surface area contributed by atoms with Crippen LogP contribution < -0.4 is 9.05 Å². The Balaban J connectivity index is 1.80. The predicted molar refractivity (Wildman–Crippen MR) is 111 cm³/mol. The quantitative estimate of drug-likeness (QED) is 0.418. The Kier molecular flexibility index (Phi) is 7.89. The molecule has 4 atom stereocenters. The van der Waals surface area contributed by atoms with Crippen LogP contribution in [0.1, 0.15) is 6.42 Å². The van der Waals surface area contributed by atoms with E-state index in [1.54, 1.807) is 60.7 Å². The highest BCUT2D eigenvalue weighted by molar-refractivity contribution is 7.49. The van der Waals surface area contributed by atoms with Gasteiger partial charge in [0.05, 0.1) is 19.8 Å². The van der Waals surface area contributed by atoms with Crippen molar-refractivity contribution in [1.82, 2.24) is 0 Å². The molecule has 32 heavy (non-hydrogen) atoms. The van der Waals surface area contributed by atoms with E-state index >= 15 is 0 Å². The summed E-state index contributed by atoms with van der Waals surface area (Å²) in [6.45, 7) is -0.558. The zero-order valence-corrected chi connectivity index (χ0v) is 18.4. The van der Waals surface area contributed by atoms with E-state index in [0.29, 0.717) is 0 Å². The maximum Gasteiger partial charge on any atom is 0.587 e. The van der Waals surface area contributed by atoms with Gasteiger partial charge in [0.15, 0.2) is 0 Å². The van der Waals surface area contributed by atoms with Crippen LogP contribution in [0.25, 0.3) is 0 Å². The molecule has 0 radical (unpaired) electrons. The van der Waals surface area contributed by atoms with Gasteiger partial charge >= 0.3 is 13.8 Å². The van der Waals surface area contributed by atoms with E-state index in [4.69, 9.17) is 27.8 Å². The molecule has 2 aromatic rings. The number of para-hydroxylation sites is 2. The second-order valence-corrected chi connectivity index (χ2v) is 8.44. The molecule has 0 unspecified atom stereocenters. The molecule has 1 saturated heterocycles. The summed E-state index contributed by atoms with van der Waals surface area (Å²) in [5, 5.41) is 20.6. The first-order chi connectivity index (χ1) is 15.3. The van der Waals surface area contributed by atoms with Crippen LogP contribution in [0.5, 0.6) is 11.5 Å². The maximum atomic E-state index is 13.4. The number of aliphatic hydroxyl groups is 2. The van der Waals surface area contributed by atoms with Crippen LogP contribution in [0.15, 0.2) is 60.7 Å². The lowest BCUT2D eigenvalue weighted by atomic mass is 9.95. The predicted octanol–water partition coefficient (Wildman–Crippen LogP) is 2.30. The molecule has 2 aromatic carbocycles. The first kappa shape index (κ1) is 24.2. The molecule has 174 valence electrons. The summed E-state index contributed by atoms with van der Waals surface area (Å²) in [5.74, 6) is -2.43. The van der Waals surface area contributed by atoms with E-state index in [1.165, 1.54) is 7.11 Å². The van der Waals surface area contributed by atoms with Crippen molar-refractivity contribution in [2.45, 2.75) is 30.5 Å². The van der Waals surface area contributed by atoms with E-state index in [2.05, 4.69) is 0 Å². The minimum Gasteiger partial charge on any atom is -0.465 e. The fourth-order valence-corrected chi connectivity index (χ4v) is 4.33. The van der Waals surface area contributed by atoms with Gasteiger partial charge in [-0.05, 0) is 24.3 Å². The number of hydrogen-bond donors (Lipinski definition) is 2. The van der Waals surface area contributed by atoms with Crippen molar-refractivity contribution in [2.24, 2.45) is 0 Å². The molecular formula is C21H25O10P. The van der Waals surface area contributed by atoms with Crippen LogP contribution in [-0.2, 0) is 28.1 Å². The molecule has 0 saturated carbocycles. The monoisotopic (exact) mass is 468 g/mol. The Bertz CT molecular complexity index is 879. The zero-order valence-electron chi connectivity index (χ0n) is 17.5. The number of carbonyl (C=O) groups excluding carboxylic acids is 1. The number of rotatable bonds is 9. The van der Waals surface area contributed by atoms with Crippen molar-refractivity contribution >= 4 is 13.8 Å². The fourth-order valence-electron chi connectivity index (χ4n) is 3.10. The number of benzene rings is 2. The van der Waals surface area contributed by atoms with E-state index in [1.807, 2.05) is 0 Å². The number of phosphoric acid groups is 1. The molecule has 0 aliphatic carbocycles. The summed E-state index contributed by atoms with van der Waals surface area (Å²) < 4.78 is 45.3. The van der Waals surface area contributed by atoms with Crippen molar-refractivity contribution in [3.05, 3.63) is 60.7 Å². The SMILES string of the molecule is COC(=O)[C@]1(OC)C[C@@H](O)[C@H](O)[C@H](COP(=O)(Oc2ccccc2)Oc2ccccc2)O1. The average Bonchev–Trinajstić information content (AvgIpc) is 2.80. The smallest absolute Gasteiger partial charge is 0.465 e. The van der Waals surface area contributed by atoms with E-state index in [9.17, 15) is 19.6 Å². The minimum absolute atomic E-state index is 0.220. The van der Waals surface area contributed by atoms with Crippen LogP contribution >= 0.6 is 7.82 Å². The highest BCUT2D eigenvalue weighted by atomic mass is 31.2. The van der Waals surface area contributed by atoms with Crippen LogP contribution in [0.4, 0.5) is 0 Å². The summed E-state index contributed by atoms with van der Waals surface area (Å²) >= 11 is 0. The van der Waals surface area contributed by atoms with Gasteiger partial charge in [-0.15, -0.1) is 0 Å². The third-order valence-corrected chi connectivity index (χ3v) is 6.07. The standard InChI is InChI=1S/C21H25O10P/c1-26-20(24)21(27-2)13-17(22)19(23)18(29-21)14-28-32(25,30-15-9-5-3-6-10-15)31-16-11-7-4-8-12-16/h3-12,17-19,22-23H,13-14H2,1-2H3/t17-,18+,19+,21+/m1/s1. The Morgan fingerprint density at radius 2 is 1.56 bits per heavy atom. The Hall–Kier alpha value is -2.46. The summed E-state index contributed by atoms with van der Waals surface area (Å²) in [6, 6.07) is 16.5. The fraction of sp³-hybridized carbons (Fsp3) is 0.381. The third-order valence-electron chi connectivity index (χ3n) is 4.74. The van der Waals surface area contributed by atoms with E-state index in [-0.39, 0.29) is 17.9 Å². The van der Waals surface area contributed by atoms with Crippen LogP contribution in [0.3, 0.4) is 0 Å². The second-order valence-electron chi connectivity index (χ2n) is 6.92.